The van der Waals surface area contributed by atoms with E-state index in [-0.39, 0.29) is 55.7 Å². The van der Waals surface area contributed by atoms with Crippen LogP contribution in [0.2, 0.25) is 0 Å². The fourth-order valence-electron chi connectivity index (χ4n) is 7.84. The molecule has 4 aromatic rings. The number of benzene rings is 3. The van der Waals surface area contributed by atoms with Gasteiger partial charge in [0.2, 0.25) is 0 Å². The topological polar surface area (TPSA) is 204 Å². The molecule has 1 amide bonds. The number of esters is 1. The van der Waals surface area contributed by atoms with Crippen LogP contribution in [0.3, 0.4) is 0 Å². The summed E-state index contributed by atoms with van der Waals surface area (Å²) in [5, 5.41) is 36.7. The van der Waals surface area contributed by atoms with Gasteiger partial charge in [0, 0.05) is 65.6 Å². The number of hydrogen-bond donors (Lipinski definition) is 4. The van der Waals surface area contributed by atoms with Crippen molar-refractivity contribution in [3.8, 4) is 11.5 Å². The highest BCUT2D eigenvalue weighted by atomic mass is 79.9. The van der Waals surface area contributed by atoms with E-state index in [2.05, 4.69) is 26.2 Å². The van der Waals surface area contributed by atoms with E-state index >= 15 is 4.39 Å². The maximum Gasteiger partial charge on any atom is 0.312 e. The Bertz CT molecular complexity index is 2550. The monoisotopic (exact) mass is 880 g/mol. The number of halogens is 2. The van der Waals surface area contributed by atoms with Gasteiger partial charge < -0.3 is 44.0 Å². The molecule has 0 aliphatic carbocycles. The number of fused-ring (bicyclic) bond motifs is 2. The van der Waals surface area contributed by atoms with Gasteiger partial charge in [0.15, 0.2) is 28.2 Å². The van der Waals surface area contributed by atoms with Gasteiger partial charge in [-0.1, -0.05) is 61.9 Å². The van der Waals surface area contributed by atoms with Gasteiger partial charge >= 0.3 is 11.8 Å². The summed E-state index contributed by atoms with van der Waals surface area (Å²) in [5.41, 5.74) is -2.18. The molecule has 59 heavy (non-hydrogen) atoms. The Balaban J connectivity index is 1.60. The molecule has 4 N–H and O–H groups in total. The Hall–Kier alpha value is -5.16. The number of amides is 1. The van der Waals surface area contributed by atoms with Gasteiger partial charge in [-0.2, -0.15) is 0 Å². The smallest absolute Gasteiger partial charge is 0.312 e. The number of anilines is 1. The molecule has 9 atom stereocenters. The second-order valence-electron chi connectivity index (χ2n) is 15.5. The van der Waals surface area contributed by atoms with Crippen molar-refractivity contribution in [2.45, 2.75) is 85.6 Å². The molecule has 3 heterocycles. The van der Waals surface area contributed by atoms with Crippen molar-refractivity contribution in [1.82, 2.24) is 4.98 Å². The number of aromatic nitrogens is 1. The maximum atomic E-state index is 15.5. The third-order valence-corrected chi connectivity index (χ3v) is 11.8. The summed E-state index contributed by atoms with van der Waals surface area (Å²) in [6.45, 7) is 12.3. The minimum Gasteiger partial charge on any atom is -0.505 e. The van der Waals surface area contributed by atoms with Crippen molar-refractivity contribution < 1.29 is 57.5 Å². The van der Waals surface area contributed by atoms with Crippen LogP contribution in [-0.4, -0.2) is 75.3 Å². The highest BCUT2D eigenvalue weighted by Crippen LogP contribution is 2.48. The number of carbonyl (C=O) groups excluding carboxylic acids is 3. The van der Waals surface area contributed by atoms with Crippen molar-refractivity contribution in [1.29, 1.82) is 0 Å². The molecule has 6 rings (SSSR count). The average Bonchev–Trinajstić information content (AvgIpc) is 3.45. The summed E-state index contributed by atoms with van der Waals surface area (Å²) in [7, 11) is 1.42. The van der Waals surface area contributed by atoms with Crippen LogP contribution in [0.5, 0.6) is 11.5 Å². The van der Waals surface area contributed by atoms with E-state index in [1.165, 1.54) is 59.3 Å². The molecule has 0 unspecified atom stereocenters. The average molecular weight is 882 g/mol. The molecule has 16 heteroatoms. The van der Waals surface area contributed by atoms with E-state index in [9.17, 15) is 34.5 Å². The van der Waals surface area contributed by atoms with Crippen molar-refractivity contribution in [2.24, 2.45) is 23.7 Å². The van der Waals surface area contributed by atoms with Crippen LogP contribution < -0.4 is 15.5 Å². The van der Waals surface area contributed by atoms with Gasteiger partial charge in [-0.05, 0) is 32.1 Å². The van der Waals surface area contributed by atoms with Crippen LogP contribution in [0.25, 0.3) is 33.0 Å². The molecule has 3 aromatic carbocycles. The number of aromatic hydroxyl groups is 1. The Morgan fingerprint density at radius 1 is 1.00 bits per heavy atom. The summed E-state index contributed by atoms with van der Waals surface area (Å²) in [6, 6.07) is 2.58. The van der Waals surface area contributed by atoms with Gasteiger partial charge in [-0.25, -0.2) is 9.37 Å². The standard InChI is InChI=1S/C43H46BrFN2O12/c1-17-11-10-12-18(2)42(54)47-33-37(52)29-28(32-40(33)58-27-16-24(44)15-25(45)31(27)46-32)30-39(22(6)36(29)51)59-43(8,41(30)53)56-14-13-26(55-9)19(3)38(57-23(7)48)21(5)35(50)20(4)34(17)49/h10-17,19-21,26,34-35,38,49-50,52H,1-9H3,(H,47,54)/b11-10+,14-13+,18-12-/t17-,19+,20+,21+,26-,34-,35+,38+,43-/m0/s1. The molecule has 14 nitrogen and oxygen atoms in total. The van der Waals surface area contributed by atoms with Gasteiger partial charge in [0.25, 0.3) is 11.7 Å². The molecule has 0 saturated carbocycles. The molecular weight excluding hydrogens is 835 g/mol. The van der Waals surface area contributed by atoms with Gasteiger partial charge in [0.1, 0.15) is 28.6 Å². The van der Waals surface area contributed by atoms with Crippen LogP contribution >= 0.6 is 15.9 Å². The number of nitrogens with zero attached hydrogens (tertiary/aromatic N) is 1. The van der Waals surface area contributed by atoms with Crippen LogP contribution in [0.15, 0.2) is 62.0 Å². The van der Waals surface area contributed by atoms with Crippen molar-refractivity contribution >= 4 is 72.2 Å². The lowest BCUT2D eigenvalue weighted by atomic mass is 9.78. The van der Waals surface area contributed by atoms with Crippen LogP contribution in [0.1, 0.15) is 64.4 Å². The minimum atomic E-state index is -2.10. The van der Waals surface area contributed by atoms with E-state index in [1.807, 2.05) is 0 Å². The second-order valence-corrected chi connectivity index (χ2v) is 16.4. The fourth-order valence-corrected chi connectivity index (χ4v) is 8.25. The number of Topliss-reactive ketones (excluding diaryl/α,β-unsaturated/α-hetero) is 1. The fraction of sp³-hybridized carbons (Fsp3) is 0.419. The zero-order valence-corrected chi connectivity index (χ0v) is 35.5. The van der Waals surface area contributed by atoms with Crippen LogP contribution in [-0.2, 0) is 23.8 Å². The molecule has 2 aliphatic heterocycles. The highest BCUT2D eigenvalue weighted by Gasteiger charge is 2.49. The first-order valence-electron chi connectivity index (χ1n) is 19.0. The predicted molar refractivity (Wildman–Crippen MR) is 219 cm³/mol. The Morgan fingerprint density at radius 2 is 1.69 bits per heavy atom. The molecule has 314 valence electrons. The number of phenolic OH excluding ortho intramolecular Hbond substituents is 1. The predicted octanol–water partition coefficient (Wildman–Crippen LogP) is 6.90. The highest BCUT2D eigenvalue weighted by molar-refractivity contribution is 9.10. The number of rotatable bonds is 2. The molecule has 4 bridgehead atoms. The van der Waals surface area contributed by atoms with Gasteiger partial charge in [-0.15, -0.1) is 0 Å². The zero-order chi connectivity index (χ0) is 43.4. The minimum absolute atomic E-state index is 0.0747. The zero-order valence-electron chi connectivity index (χ0n) is 33.9. The Morgan fingerprint density at radius 3 is 2.36 bits per heavy atom. The SMILES string of the molecule is CO[C@H]1/C=C/O[C@@]2(C)Oc3c(C)c(=O)c4c(O)c(c5oc6cc(Br)cc(F)c6nc5c4c3C2=O)NC(=O)/C(C)=C\C=C\[C@H](C)[C@H](O)[C@@H](C)[C@@H](O)[C@@H](C)[C@H](OC(C)=O)[C@@H]1C. The number of aliphatic hydroxyl groups is 2. The second kappa shape index (κ2) is 16.5. The number of nitrogens with one attached hydrogen (secondary N) is 1. The molecule has 0 saturated heterocycles. The Labute approximate surface area is 346 Å². The van der Waals surface area contributed by atoms with E-state index in [0.29, 0.717) is 4.47 Å². The number of methoxy groups -OCH3 is 1. The van der Waals surface area contributed by atoms with Crippen LogP contribution in [0, 0.1) is 36.4 Å². The molecule has 0 radical (unpaired) electrons. The first-order chi connectivity index (χ1) is 27.7. The summed E-state index contributed by atoms with van der Waals surface area (Å²) in [4.78, 5) is 59.3. The summed E-state index contributed by atoms with van der Waals surface area (Å²) in [5.74, 6) is -8.53. The summed E-state index contributed by atoms with van der Waals surface area (Å²) in [6.07, 6.45) is 3.31. The number of carbonyl (C=O) groups is 3. The third kappa shape index (κ3) is 7.74. The number of ether oxygens (including phenoxy) is 4. The molecule has 0 spiro atoms. The van der Waals surface area contributed by atoms with Gasteiger partial charge in [-0.3, -0.25) is 19.2 Å². The van der Waals surface area contributed by atoms with E-state index in [4.69, 9.17) is 23.4 Å². The van der Waals surface area contributed by atoms with Gasteiger partial charge in [0.05, 0.1) is 35.5 Å². The number of hydrogen-bond acceptors (Lipinski definition) is 13. The number of allylic oxidation sites excluding steroid dienone is 2. The molecular formula is C43H46BrFN2O12. The summed E-state index contributed by atoms with van der Waals surface area (Å²) >= 11 is 3.24. The number of aliphatic hydroxyl groups excluding tert-OH is 2. The molecule has 0 fully saturated rings. The molecule has 2 aliphatic rings. The van der Waals surface area contributed by atoms with Crippen molar-refractivity contribution in [3.63, 3.8) is 0 Å². The van der Waals surface area contributed by atoms with E-state index < -0.39 is 93.9 Å². The summed E-state index contributed by atoms with van der Waals surface area (Å²) < 4.78 is 45.5. The first kappa shape index (κ1) is 43.4. The van der Waals surface area contributed by atoms with Crippen LogP contribution in [0.4, 0.5) is 10.1 Å². The van der Waals surface area contributed by atoms with Crippen molar-refractivity contribution in [3.05, 3.63) is 79.9 Å². The first-order valence-corrected chi connectivity index (χ1v) is 19.8. The number of ketones is 1. The van der Waals surface area contributed by atoms with E-state index in [1.54, 1.807) is 39.8 Å². The lowest BCUT2D eigenvalue weighted by Gasteiger charge is -2.38. The number of phenols is 1. The lowest BCUT2D eigenvalue weighted by Crippen LogP contribution is -2.46. The molecule has 1 aromatic heterocycles. The Kier molecular flexibility index (Phi) is 12.1. The third-order valence-electron chi connectivity index (χ3n) is 11.4. The maximum absolute atomic E-state index is 15.5. The van der Waals surface area contributed by atoms with Crippen molar-refractivity contribution in [2.75, 3.05) is 12.4 Å². The van der Waals surface area contributed by atoms with E-state index in [0.717, 1.165) is 6.07 Å². The lowest BCUT2D eigenvalue weighted by molar-refractivity contribution is -0.160. The quantitative estimate of drug-likeness (QED) is 0.0701. The largest absolute Gasteiger partial charge is 0.505 e. The normalized spacial score (nSPS) is 30.2.